The summed E-state index contributed by atoms with van der Waals surface area (Å²) in [4.78, 5) is 10.4. The van der Waals surface area contributed by atoms with Gasteiger partial charge in [0.05, 0.1) is 29.3 Å². The van der Waals surface area contributed by atoms with E-state index in [1.165, 1.54) is 5.47 Å². The predicted molar refractivity (Wildman–Crippen MR) is 83.0 cm³/mol. The lowest BCUT2D eigenvalue weighted by molar-refractivity contribution is 0.00578. The molecule has 0 amide bonds. The number of aromatic nitrogens is 2. The number of rotatable bonds is 2. The van der Waals surface area contributed by atoms with E-state index in [-0.39, 0.29) is 18.3 Å². The van der Waals surface area contributed by atoms with Gasteiger partial charge in [0.2, 0.25) is 0 Å². The molecule has 1 saturated heterocycles. The average molecular weight is 287 g/mol. The number of hydrogen-bond acceptors (Lipinski definition) is 5. The predicted octanol–water partition coefficient (Wildman–Crippen LogP) is 2.24. The SMILES string of the molecule is CC1(C)OB(C2=CCN(c3cncnc3)CC2)OC1(C)C. The summed E-state index contributed by atoms with van der Waals surface area (Å²) < 4.78 is 12.2. The van der Waals surface area contributed by atoms with Crippen LogP contribution in [0, 0.1) is 0 Å². The van der Waals surface area contributed by atoms with Crippen molar-refractivity contribution >= 4 is 12.8 Å². The Hall–Kier alpha value is -1.40. The molecule has 2 aliphatic rings. The molecule has 112 valence electrons. The average Bonchev–Trinajstić information content (AvgIpc) is 2.69. The van der Waals surface area contributed by atoms with Crippen LogP contribution in [0.1, 0.15) is 34.1 Å². The molecule has 0 aliphatic carbocycles. The Balaban J connectivity index is 1.69. The summed E-state index contributed by atoms with van der Waals surface area (Å²) in [6.45, 7) is 10.1. The molecule has 0 bridgehead atoms. The largest absolute Gasteiger partial charge is 0.490 e. The van der Waals surface area contributed by atoms with Gasteiger partial charge in [0.1, 0.15) is 6.33 Å². The summed E-state index contributed by atoms with van der Waals surface area (Å²) in [6, 6.07) is 0. The summed E-state index contributed by atoms with van der Waals surface area (Å²) >= 11 is 0. The zero-order chi connectivity index (χ0) is 15.1. The highest BCUT2D eigenvalue weighted by molar-refractivity contribution is 6.54. The van der Waals surface area contributed by atoms with Gasteiger partial charge in [-0.15, -0.1) is 0 Å². The van der Waals surface area contributed by atoms with Gasteiger partial charge in [0.25, 0.3) is 0 Å². The fourth-order valence-corrected chi connectivity index (χ4v) is 2.58. The maximum Gasteiger partial charge on any atom is 0.490 e. The first-order valence-electron chi connectivity index (χ1n) is 7.44. The van der Waals surface area contributed by atoms with Gasteiger partial charge in [-0.25, -0.2) is 9.97 Å². The molecule has 2 aliphatic heterocycles. The van der Waals surface area contributed by atoms with Crippen LogP contribution in [0.15, 0.2) is 30.3 Å². The molecule has 3 rings (SSSR count). The van der Waals surface area contributed by atoms with E-state index in [4.69, 9.17) is 9.31 Å². The first-order valence-corrected chi connectivity index (χ1v) is 7.44. The topological polar surface area (TPSA) is 47.5 Å². The van der Waals surface area contributed by atoms with Crippen molar-refractivity contribution in [2.75, 3.05) is 18.0 Å². The molecule has 3 heterocycles. The van der Waals surface area contributed by atoms with Crippen LogP contribution in [0.3, 0.4) is 0 Å². The van der Waals surface area contributed by atoms with Gasteiger partial charge >= 0.3 is 7.12 Å². The molecule has 0 N–H and O–H groups in total. The Morgan fingerprint density at radius 1 is 1.10 bits per heavy atom. The monoisotopic (exact) mass is 287 g/mol. The van der Waals surface area contributed by atoms with Gasteiger partial charge in [-0.3, -0.25) is 0 Å². The third-order valence-corrected chi connectivity index (χ3v) is 4.71. The Kier molecular flexibility index (Phi) is 3.53. The molecule has 0 aromatic carbocycles. The fraction of sp³-hybridized carbons (Fsp3) is 0.600. The summed E-state index contributed by atoms with van der Waals surface area (Å²) in [7, 11) is -0.218. The Morgan fingerprint density at radius 3 is 2.24 bits per heavy atom. The lowest BCUT2D eigenvalue weighted by Gasteiger charge is -2.32. The van der Waals surface area contributed by atoms with Crippen molar-refractivity contribution in [1.29, 1.82) is 0 Å². The molecule has 1 aromatic heterocycles. The first kappa shape index (κ1) is 14.5. The zero-order valence-electron chi connectivity index (χ0n) is 13.2. The van der Waals surface area contributed by atoms with E-state index in [1.807, 2.05) is 12.4 Å². The summed E-state index contributed by atoms with van der Waals surface area (Å²) in [5, 5.41) is 0. The van der Waals surface area contributed by atoms with Gasteiger partial charge in [-0.05, 0) is 39.6 Å². The minimum atomic E-state index is -0.275. The quantitative estimate of drug-likeness (QED) is 0.781. The summed E-state index contributed by atoms with van der Waals surface area (Å²) in [5.41, 5.74) is 1.75. The maximum atomic E-state index is 6.11. The van der Waals surface area contributed by atoms with Crippen LogP contribution >= 0.6 is 0 Å². The molecule has 21 heavy (non-hydrogen) atoms. The van der Waals surface area contributed by atoms with Crippen molar-refractivity contribution in [3.8, 4) is 0 Å². The summed E-state index contributed by atoms with van der Waals surface area (Å²) in [6.07, 6.45) is 8.39. The molecule has 0 atom stereocenters. The van der Waals surface area contributed by atoms with E-state index in [9.17, 15) is 0 Å². The van der Waals surface area contributed by atoms with Gasteiger partial charge in [-0.2, -0.15) is 0 Å². The normalized spacial score (nSPS) is 24.1. The lowest BCUT2D eigenvalue weighted by Crippen LogP contribution is -2.41. The van der Waals surface area contributed by atoms with Crippen molar-refractivity contribution < 1.29 is 9.31 Å². The second-order valence-corrected chi connectivity index (χ2v) is 6.66. The van der Waals surface area contributed by atoms with Crippen LogP contribution in [0.25, 0.3) is 0 Å². The molecule has 0 spiro atoms. The van der Waals surface area contributed by atoms with Crippen molar-refractivity contribution in [2.24, 2.45) is 0 Å². The first-order chi connectivity index (χ1) is 9.89. The van der Waals surface area contributed by atoms with E-state index in [0.717, 1.165) is 25.2 Å². The molecule has 0 unspecified atom stereocenters. The highest BCUT2D eigenvalue weighted by atomic mass is 16.7. The third kappa shape index (κ3) is 2.70. The van der Waals surface area contributed by atoms with Gasteiger partial charge in [-0.1, -0.05) is 6.08 Å². The molecule has 5 nitrogen and oxygen atoms in total. The van der Waals surface area contributed by atoms with Crippen LogP contribution < -0.4 is 4.90 Å². The van der Waals surface area contributed by atoms with Crippen molar-refractivity contribution in [1.82, 2.24) is 9.97 Å². The van der Waals surface area contributed by atoms with Crippen LogP contribution in [-0.2, 0) is 9.31 Å². The minimum absolute atomic E-state index is 0.218. The van der Waals surface area contributed by atoms with E-state index in [0.29, 0.717) is 0 Å². The molecule has 1 fully saturated rings. The van der Waals surface area contributed by atoms with Gasteiger partial charge in [0.15, 0.2) is 0 Å². The van der Waals surface area contributed by atoms with Crippen LogP contribution in [0.5, 0.6) is 0 Å². The van der Waals surface area contributed by atoms with E-state index in [1.54, 1.807) is 6.33 Å². The van der Waals surface area contributed by atoms with Crippen molar-refractivity contribution in [2.45, 2.75) is 45.3 Å². The maximum absolute atomic E-state index is 6.11. The molecule has 6 heteroatoms. The van der Waals surface area contributed by atoms with Crippen LogP contribution in [-0.4, -0.2) is 41.4 Å². The van der Waals surface area contributed by atoms with E-state index >= 15 is 0 Å². The molecule has 1 aromatic rings. The molecule has 0 saturated carbocycles. The highest BCUT2D eigenvalue weighted by Crippen LogP contribution is 2.39. The zero-order valence-corrected chi connectivity index (χ0v) is 13.2. The molecular weight excluding hydrogens is 265 g/mol. The van der Waals surface area contributed by atoms with E-state index < -0.39 is 0 Å². The highest BCUT2D eigenvalue weighted by Gasteiger charge is 2.52. The summed E-state index contributed by atoms with van der Waals surface area (Å²) in [5.74, 6) is 0. The van der Waals surface area contributed by atoms with Crippen LogP contribution in [0.2, 0.25) is 0 Å². The van der Waals surface area contributed by atoms with E-state index in [2.05, 4.69) is 48.6 Å². The standard InChI is InChI=1S/C15H22BN3O2/c1-14(2)15(3,4)21-16(20-14)12-5-7-19(8-6-12)13-9-17-11-18-10-13/h5,9-11H,6-8H2,1-4H3. The molecule has 0 radical (unpaired) electrons. The Bertz CT molecular complexity index is 529. The smallest absolute Gasteiger partial charge is 0.400 e. The van der Waals surface area contributed by atoms with Crippen LogP contribution in [0.4, 0.5) is 5.69 Å². The lowest BCUT2D eigenvalue weighted by atomic mass is 9.74. The second-order valence-electron chi connectivity index (χ2n) is 6.66. The Labute approximate surface area is 126 Å². The fourth-order valence-electron chi connectivity index (χ4n) is 2.58. The number of nitrogens with zero attached hydrogens (tertiary/aromatic N) is 3. The number of hydrogen-bond donors (Lipinski definition) is 0. The third-order valence-electron chi connectivity index (χ3n) is 4.71. The molecular formula is C15H22BN3O2. The second kappa shape index (κ2) is 5.11. The Morgan fingerprint density at radius 2 is 1.71 bits per heavy atom. The van der Waals surface area contributed by atoms with Crippen molar-refractivity contribution in [3.05, 3.63) is 30.3 Å². The van der Waals surface area contributed by atoms with Gasteiger partial charge in [0, 0.05) is 13.1 Å². The minimum Gasteiger partial charge on any atom is -0.400 e. The van der Waals surface area contributed by atoms with Crippen molar-refractivity contribution in [3.63, 3.8) is 0 Å². The van der Waals surface area contributed by atoms with Gasteiger partial charge < -0.3 is 14.2 Å². The number of anilines is 1.